The highest BCUT2D eigenvalue weighted by Crippen LogP contribution is 2.25. The molecule has 1 aliphatic carbocycles. The molecule has 1 saturated heterocycles. The summed E-state index contributed by atoms with van der Waals surface area (Å²) in [4.78, 5) is 14.4. The van der Waals surface area contributed by atoms with Gasteiger partial charge in [0.25, 0.3) is 0 Å². The quantitative estimate of drug-likeness (QED) is 0.790. The van der Waals surface area contributed by atoms with Gasteiger partial charge in [-0.1, -0.05) is 6.42 Å². The summed E-state index contributed by atoms with van der Waals surface area (Å²) >= 11 is 0. The zero-order chi connectivity index (χ0) is 18.4. The Morgan fingerprint density at radius 2 is 2.00 bits per heavy atom. The Hall–Kier alpha value is -0.810. The second-order valence-corrected chi connectivity index (χ2v) is 9.05. The van der Waals surface area contributed by atoms with Crippen LogP contribution in [-0.2, 0) is 4.74 Å². The van der Waals surface area contributed by atoms with Crippen molar-refractivity contribution in [1.29, 1.82) is 0 Å². The van der Waals surface area contributed by atoms with Gasteiger partial charge in [0.1, 0.15) is 5.60 Å². The number of aliphatic hydroxyl groups is 1. The van der Waals surface area contributed by atoms with Crippen LogP contribution in [0, 0.1) is 5.92 Å². The maximum absolute atomic E-state index is 12.5. The molecule has 0 aromatic rings. The van der Waals surface area contributed by atoms with E-state index in [1.54, 1.807) is 0 Å². The molecule has 1 saturated carbocycles. The topological polar surface area (TPSA) is 61.8 Å². The van der Waals surface area contributed by atoms with E-state index in [4.69, 9.17) is 4.74 Å². The van der Waals surface area contributed by atoms with Crippen LogP contribution in [0.5, 0.6) is 0 Å². The van der Waals surface area contributed by atoms with Crippen LogP contribution in [0.3, 0.4) is 0 Å². The van der Waals surface area contributed by atoms with E-state index in [9.17, 15) is 9.90 Å². The average molecular weight is 355 g/mol. The molecule has 146 valence electrons. The molecule has 2 rings (SSSR count). The van der Waals surface area contributed by atoms with Gasteiger partial charge in [0.15, 0.2) is 0 Å². The number of piperidine rings is 1. The fourth-order valence-electron chi connectivity index (χ4n) is 4.11. The molecule has 2 N–H and O–H groups in total. The summed E-state index contributed by atoms with van der Waals surface area (Å²) in [6.45, 7) is 9.76. The van der Waals surface area contributed by atoms with Crippen molar-refractivity contribution in [2.24, 2.45) is 5.92 Å². The Labute approximate surface area is 153 Å². The molecule has 1 heterocycles. The summed E-state index contributed by atoms with van der Waals surface area (Å²) in [5.41, 5.74) is -0.440. The van der Waals surface area contributed by atoms with E-state index in [1.165, 1.54) is 12.8 Å². The molecule has 0 aromatic carbocycles. The third kappa shape index (κ3) is 7.14. The van der Waals surface area contributed by atoms with Gasteiger partial charge in [-0.25, -0.2) is 4.79 Å². The van der Waals surface area contributed by atoms with Crippen molar-refractivity contribution in [2.45, 2.75) is 103 Å². The van der Waals surface area contributed by atoms with Gasteiger partial charge in [-0.05, 0) is 85.1 Å². The van der Waals surface area contributed by atoms with E-state index >= 15 is 0 Å². The van der Waals surface area contributed by atoms with Crippen molar-refractivity contribution >= 4 is 6.09 Å². The van der Waals surface area contributed by atoms with Gasteiger partial charge in [0.05, 0.1) is 6.10 Å². The molecule has 1 aliphatic heterocycles. The Bertz CT molecular complexity index is 422. The number of carbonyl (C=O) groups is 1. The highest BCUT2D eigenvalue weighted by atomic mass is 16.6. The van der Waals surface area contributed by atoms with E-state index in [0.717, 1.165) is 51.6 Å². The lowest BCUT2D eigenvalue weighted by atomic mass is 9.87. The lowest BCUT2D eigenvalue weighted by molar-refractivity contribution is 0.00776. The third-order valence-electron chi connectivity index (χ3n) is 5.39. The predicted molar refractivity (Wildman–Crippen MR) is 101 cm³/mol. The number of ether oxygens (including phenoxy) is 1. The first kappa shape index (κ1) is 20.5. The minimum absolute atomic E-state index is 0.114. The molecule has 0 aromatic heterocycles. The van der Waals surface area contributed by atoms with E-state index in [0.29, 0.717) is 12.0 Å². The Kier molecular flexibility index (Phi) is 7.56. The van der Waals surface area contributed by atoms with E-state index in [1.807, 2.05) is 25.7 Å². The number of carbonyl (C=O) groups excluding carboxylic acids is 1. The van der Waals surface area contributed by atoms with Gasteiger partial charge < -0.3 is 20.1 Å². The summed E-state index contributed by atoms with van der Waals surface area (Å²) in [7, 11) is 0. The zero-order valence-electron chi connectivity index (χ0n) is 16.6. The van der Waals surface area contributed by atoms with Crippen molar-refractivity contribution in [3.63, 3.8) is 0 Å². The van der Waals surface area contributed by atoms with Crippen LogP contribution in [0.15, 0.2) is 0 Å². The lowest BCUT2D eigenvalue weighted by Gasteiger charge is -2.38. The SMILES string of the molecule is CC(CC1CCCCN1C(=O)OC(C)(C)C)NCC1CCCC(O)C1. The maximum Gasteiger partial charge on any atom is 0.410 e. The number of amides is 1. The van der Waals surface area contributed by atoms with Gasteiger partial charge in [-0.3, -0.25) is 0 Å². The van der Waals surface area contributed by atoms with Gasteiger partial charge in [0.2, 0.25) is 0 Å². The van der Waals surface area contributed by atoms with Crippen molar-refractivity contribution in [1.82, 2.24) is 10.2 Å². The van der Waals surface area contributed by atoms with Crippen LogP contribution < -0.4 is 5.32 Å². The fourth-order valence-corrected chi connectivity index (χ4v) is 4.11. The molecule has 0 bridgehead atoms. The monoisotopic (exact) mass is 354 g/mol. The number of hydrogen-bond acceptors (Lipinski definition) is 4. The number of hydrogen-bond donors (Lipinski definition) is 2. The standard InChI is InChI=1S/C20H38N2O3/c1-15(21-14-16-8-7-10-18(23)13-16)12-17-9-5-6-11-22(17)19(24)25-20(2,3)4/h15-18,21,23H,5-14H2,1-4H3. The molecule has 1 amide bonds. The number of nitrogens with one attached hydrogen (secondary N) is 1. The minimum Gasteiger partial charge on any atom is -0.444 e. The van der Waals surface area contributed by atoms with Gasteiger partial charge in [0, 0.05) is 18.6 Å². The number of likely N-dealkylation sites (tertiary alicyclic amines) is 1. The number of nitrogens with zero attached hydrogens (tertiary/aromatic N) is 1. The molecule has 2 aliphatic rings. The molecule has 4 atom stereocenters. The Balaban J connectivity index is 1.80. The van der Waals surface area contributed by atoms with E-state index in [-0.39, 0.29) is 18.2 Å². The summed E-state index contributed by atoms with van der Waals surface area (Å²) in [6, 6.07) is 0.634. The van der Waals surface area contributed by atoms with Crippen LogP contribution in [0.4, 0.5) is 4.79 Å². The van der Waals surface area contributed by atoms with E-state index < -0.39 is 5.60 Å². The predicted octanol–water partition coefficient (Wildman–Crippen LogP) is 3.70. The molecule has 0 spiro atoms. The maximum atomic E-state index is 12.5. The first-order valence-corrected chi connectivity index (χ1v) is 10.2. The fraction of sp³-hybridized carbons (Fsp3) is 0.950. The van der Waals surface area contributed by atoms with Crippen LogP contribution in [0.2, 0.25) is 0 Å². The normalized spacial score (nSPS) is 29.3. The molecule has 0 radical (unpaired) electrons. The lowest BCUT2D eigenvalue weighted by Crippen LogP contribution is -2.48. The van der Waals surface area contributed by atoms with E-state index in [2.05, 4.69) is 12.2 Å². The highest BCUT2D eigenvalue weighted by molar-refractivity contribution is 5.68. The third-order valence-corrected chi connectivity index (χ3v) is 5.39. The van der Waals surface area contributed by atoms with Crippen LogP contribution >= 0.6 is 0 Å². The number of rotatable bonds is 5. The van der Waals surface area contributed by atoms with Gasteiger partial charge in [-0.2, -0.15) is 0 Å². The van der Waals surface area contributed by atoms with Gasteiger partial charge >= 0.3 is 6.09 Å². The summed E-state index contributed by atoms with van der Waals surface area (Å²) in [6.07, 6.45) is 8.23. The minimum atomic E-state index is -0.440. The second kappa shape index (κ2) is 9.22. The molecule has 5 nitrogen and oxygen atoms in total. The first-order chi connectivity index (χ1) is 11.7. The zero-order valence-corrected chi connectivity index (χ0v) is 16.6. The summed E-state index contributed by atoms with van der Waals surface area (Å²) < 4.78 is 5.59. The van der Waals surface area contributed by atoms with Crippen LogP contribution in [-0.4, -0.2) is 53.0 Å². The molecule has 5 heteroatoms. The largest absolute Gasteiger partial charge is 0.444 e. The highest BCUT2D eigenvalue weighted by Gasteiger charge is 2.31. The Morgan fingerprint density at radius 1 is 1.24 bits per heavy atom. The number of aliphatic hydroxyl groups excluding tert-OH is 1. The molecular weight excluding hydrogens is 316 g/mol. The second-order valence-electron chi connectivity index (χ2n) is 9.05. The van der Waals surface area contributed by atoms with Crippen molar-refractivity contribution in [3.8, 4) is 0 Å². The van der Waals surface area contributed by atoms with Crippen molar-refractivity contribution in [3.05, 3.63) is 0 Å². The van der Waals surface area contributed by atoms with Crippen molar-refractivity contribution in [2.75, 3.05) is 13.1 Å². The Morgan fingerprint density at radius 3 is 2.68 bits per heavy atom. The first-order valence-electron chi connectivity index (χ1n) is 10.2. The van der Waals surface area contributed by atoms with Crippen LogP contribution in [0.25, 0.3) is 0 Å². The summed E-state index contributed by atoms with van der Waals surface area (Å²) in [5.74, 6) is 0.583. The molecular formula is C20H38N2O3. The average Bonchev–Trinajstić information content (AvgIpc) is 2.52. The molecule has 2 fully saturated rings. The molecule has 25 heavy (non-hydrogen) atoms. The van der Waals surface area contributed by atoms with Crippen LogP contribution in [0.1, 0.15) is 79.1 Å². The van der Waals surface area contributed by atoms with Crippen molar-refractivity contribution < 1.29 is 14.6 Å². The van der Waals surface area contributed by atoms with Gasteiger partial charge in [-0.15, -0.1) is 0 Å². The smallest absolute Gasteiger partial charge is 0.410 e. The summed E-state index contributed by atoms with van der Waals surface area (Å²) in [5, 5.41) is 13.4. The molecule has 4 unspecified atom stereocenters.